The Bertz CT molecular complexity index is 2060. The lowest BCUT2D eigenvalue weighted by atomic mass is 10.0. The molecule has 0 saturated carbocycles. The Morgan fingerprint density at radius 1 is 0.250 bits per heavy atom. The van der Waals surface area contributed by atoms with Gasteiger partial charge in [-0.2, -0.15) is 0 Å². The average molecular weight is 1580 g/mol. The lowest BCUT2D eigenvalue weighted by molar-refractivity contribution is -0.161. The van der Waals surface area contributed by atoms with Gasteiger partial charge in [0.05, 0.1) is 26.4 Å². The standard InChI is InChI=1S/C89H174O17P2/c1-7-9-11-13-15-17-19-21-23-25-27-29-31-33-37-41-45-49-53-61-67-73-88(93)105-84(77-99-86(91)71-65-59-52-48-44-40-36-32-30-28-26-24-22-20-18-16-14-12-10-8-2)79-103-107(95,96)101-75-83(90)76-102-108(97,98)104-80-85(78-100-87(92)72-66-60-56-55-58-64-70-82(5)6)106-89(94)74-68-62-54-50-46-42-38-34-35-39-43-47-51-57-63-69-81(3)4/h81-85,90H,7-80H2,1-6H3,(H,95,96)(H,97,98)/t83-,84-,85-/m1/s1. The van der Waals surface area contributed by atoms with Gasteiger partial charge in [0.25, 0.3) is 0 Å². The molecule has 0 aliphatic rings. The minimum absolute atomic E-state index is 0.107. The number of aliphatic hydroxyl groups excluding tert-OH is 1. The summed E-state index contributed by atoms with van der Waals surface area (Å²) in [5.74, 6) is -0.620. The average Bonchev–Trinajstić information content (AvgIpc) is 0.901. The number of esters is 4. The molecule has 0 bridgehead atoms. The van der Waals surface area contributed by atoms with Gasteiger partial charge in [0, 0.05) is 25.7 Å². The minimum Gasteiger partial charge on any atom is -0.462 e. The van der Waals surface area contributed by atoms with Crippen molar-refractivity contribution >= 4 is 39.5 Å². The molecule has 2 unspecified atom stereocenters. The van der Waals surface area contributed by atoms with E-state index in [0.29, 0.717) is 31.6 Å². The molecule has 3 N–H and O–H groups in total. The largest absolute Gasteiger partial charge is 0.472 e. The van der Waals surface area contributed by atoms with E-state index < -0.39 is 97.5 Å². The summed E-state index contributed by atoms with van der Waals surface area (Å²) in [6.45, 7) is 9.63. The molecule has 0 aliphatic heterocycles. The van der Waals surface area contributed by atoms with E-state index in [9.17, 15) is 43.2 Å². The topological polar surface area (TPSA) is 237 Å². The van der Waals surface area contributed by atoms with Crippen LogP contribution in [-0.2, 0) is 65.4 Å². The number of rotatable bonds is 88. The molecule has 642 valence electrons. The minimum atomic E-state index is -4.97. The molecule has 17 nitrogen and oxygen atoms in total. The number of hydrogen-bond donors (Lipinski definition) is 3. The van der Waals surface area contributed by atoms with Crippen molar-refractivity contribution in [2.75, 3.05) is 39.6 Å². The van der Waals surface area contributed by atoms with E-state index in [-0.39, 0.29) is 25.7 Å². The molecule has 0 aliphatic carbocycles. The predicted molar refractivity (Wildman–Crippen MR) is 446 cm³/mol. The van der Waals surface area contributed by atoms with Gasteiger partial charge in [0.1, 0.15) is 19.3 Å². The SMILES string of the molecule is CCCCCCCCCCCCCCCCCCCCCCCC(=O)O[C@H](COC(=O)CCCCCCCCCCCCCCCCCCCCCC)COP(=O)(O)OC[C@@H](O)COP(=O)(O)OC[C@@H](COC(=O)CCCCCCCCC(C)C)OC(=O)CCCCCCCCCCCCCCCCCC(C)C. The highest BCUT2D eigenvalue weighted by atomic mass is 31.2. The van der Waals surface area contributed by atoms with Gasteiger partial charge in [-0.25, -0.2) is 9.13 Å². The van der Waals surface area contributed by atoms with Crippen LogP contribution in [0.4, 0.5) is 0 Å². The fourth-order valence-electron chi connectivity index (χ4n) is 14.0. The fraction of sp³-hybridized carbons (Fsp3) is 0.955. The van der Waals surface area contributed by atoms with E-state index in [1.54, 1.807) is 0 Å². The summed E-state index contributed by atoms with van der Waals surface area (Å²) in [4.78, 5) is 73.3. The molecule has 0 radical (unpaired) electrons. The van der Waals surface area contributed by atoms with E-state index in [1.807, 2.05) is 0 Å². The molecule has 0 aromatic rings. The van der Waals surface area contributed by atoms with Crippen molar-refractivity contribution in [1.82, 2.24) is 0 Å². The van der Waals surface area contributed by atoms with E-state index >= 15 is 0 Å². The zero-order valence-corrected chi connectivity index (χ0v) is 73.0. The number of hydrogen-bond acceptors (Lipinski definition) is 15. The number of carbonyl (C=O) groups excluding carboxylic acids is 4. The third-order valence-electron chi connectivity index (χ3n) is 21.0. The second-order valence-electron chi connectivity index (χ2n) is 32.9. The van der Waals surface area contributed by atoms with Crippen molar-refractivity contribution in [1.29, 1.82) is 0 Å². The summed E-state index contributed by atoms with van der Waals surface area (Å²) >= 11 is 0. The molecule has 0 heterocycles. The number of phosphoric acid groups is 2. The maximum Gasteiger partial charge on any atom is 0.472 e. The Morgan fingerprint density at radius 2 is 0.426 bits per heavy atom. The Labute approximate surface area is 664 Å². The monoisotopic (exact) mass is 1580 g/mol. The second kappa shape index (κ2) is 80.3. The van der Waals surface area contributed by atoms with Crippen molar-refractivity contribution in [3.63, 3.8) is 0 Å². The van der Waals surface area contributed by atoms with Gasteiger partial charge >= 0.3 is 39.5 Å². The molecule has 0 fully saturated rings. The summed E-state index contributed by atoms with van der Waals surface area (Å²) < 4.78 is 68.9. The molecule has 0 amide bonds. The first-order valence-electron chi connectivity index (χ1n) is 46.0. The zero-order chi connectivity index (χ0) is 79.2. The Balaban J connectivity index is 5.20. The van der Waals surface area contributed by atoms with Gasteiger partial charge in [-0.15, -0.1) is 0 Å². The van der Waals surface area contributed by atoms with Crippen molar-refractivity contribution < 1.29 is 80.2 Å². The molecule has 0 rings (SSSR count). The van der Waals surface area contributed by atoms with Crippen molar-refractivity contribution in [2.45, 2.75) is 496 Å². The number of ether oxygens (including phenoxy) is 4. The molecule has 19 heteroatoms. The van der Waals surface area contributed by atoms with E-state index in [0.717, 1.165) is 102 Å². The molecular weight excluding hydrogens is 1400 g/mol. The first-order valence-corrected chi connectivity index (χ1v) is 49.0. The number of unbranched alkanes of at least 4 members (excludes halogenated alkanes) is 58. The third kappa shape index (κ3) is 82.1. The van der Waals surface area contributed by atoms with E-state index in [1.165, 1.54) is 289 Å². The number of phosphoric ester groups is 2. The lowest BCUT2D eigenvalue weighted by Crippen LogP contribution is -2.30. The molecule has 108 heavy (non-hydrogen) atoms. The van der Waals surface area contributed by atoms with Crippen LogP contribution >= 0.6 is 15.6 Å². The first kappa shape index (κ1) is 106. The fourth-order valence-corrected chi connectivity index (χ4v) is 15.5. The van der Waals surface area contributed by atoms with Crippen LogP contribution in [0, 0.1) is 11.8 Å². The van der Waals surface area contributed by atoms with Crippen LogP contribution in [0.5, 0.6) is 0 Å². The van der Waals surface area contributed by atoms with Crippen molar-refractivity contribution in [3.8, 4) is 0 Å². The van der Waals surface area contributed by atoms with Gasteiger partial charge < -0.3 is 33.8 Å². The van der Waals surface area contributed by atoms with Gasteiger partial charge in [-0.3, -0.25) is 37.3 Å². The Hall–Kier alpha value is -1.94. The summed E-state index contributed by atoms with van der Waals surface area (Å²) in [7, 11) is -9.93. The number of carbonyl (C=O) groups is 4. The summed E-state index contributed by atoms with van der Waals surface area (Å²) in [5, 5.41) is 10.7. The van der Waals surface area contributed by atoms with Crippen LogP contribution in [0.3, 0.4) is 0 Å². The van der Waals surface area contributed by atoms with Crippen molar-refractivity contribution in [2.24, 2.45) is 11.8 Å². The highest BCUT2D eigenvalue weighted by Crippen LogP contribution is 2.45. The quantitative estimate of drug-likeness (QED) is 0.0222. The van der Waals surface area contributed by atoms with E-state index in [4.69, 9.17) is 37.0 Å². The van der Waals surface area contributed by atoms with E-state index in [2.05, 4.69) is 41.5 Å². The highest BCUT2D eigenvalue weighted by molar-refractivity contribution is 7.47. The van der Waals surface area contributed by atoms with Gasteiger partial charge in [0.15, 0.2) is 12.2 Å². The van der Waals surface area contributed by atoms with Gasteiger partial charge in [-0.05, 0) is 37.5 Å². The maximum atomic E-state index is 13.2. The lowest BCUT2D eigenvalue weighted by Gasteiger charge is -2.21. The summed E-state index contributed by atoms with van der Waals surface area (Å²) in [6, 6.07) is 0. The van der Waals surface area contributed by atoms with Crippen LogP contribution < -0.4 is 0 Å². The molecule has 5 atom stereocenters. The first-order chi connectivity index (χ1) is 52.4. The summed E-state index contributed by atoms with van der Waals surface area (Å²) in [5.41, 5.74) is 0. The normalized spacial score (nSPS) is 13.8. The van der Waals surface area contributed by atoms with Crippen LogP contribution in [0.15, 0.2) is 0 Å². The number of aliphatic hydroxyl groups is 1. The van der Waals surface area contributed by atoms with Crippen LogP contribution in [0.1, 0.15) is 478 Å². The van der Waals surface area contributed by atoms with Crippen molar-refractivity contribution in [3.05, 3.63) is 0 Å². The third-order valence-corrected chi connectivity index (χ3v) is 22.9. The highest BCUT2D eigenvalue weighted by Gasteiger charge is 2.31. The smallest absolute Gasteiger partial charge is 0.462 e. The molecule has 0 aromatic heterocycles. The predicted octanol–water partition coefficient (Wildman–Crippen LogP) is 27.4. The molecule has 0 saturated heterocycles. The van der Waals surface area contributed by atoms with Gasteiger partial charge in [-0.1, -0.05) is 427 Å². The Morgan fingerprint density at radius 3 is 0.630 bits per heavy atom. The molecule has 0 spiro atoms. The molecular formula is C89H174O17P2. The summed E-state index contributed by atoms with van der Waals surface area (Å²) in [6.07, 6.45) is 74.0. The van der Waals surface area contributed by atoms with Crippen LogP contribution in [0.25, 0.3) is 0 Å². The van der Waals surface area contributed by atoms with Crippen LogP contribution in [-0.4, -0.2) is 96.7 Å². The maximum absolute atomic E-state index is 13.2. The van der Waals surface area contributed by atoms with Crippen LogP contribution in [0.2, 0.25) is 0 Å². The Kier molecular flexibility index (Phi) is 78.8. The molecule has 0 aromatic carbocycles. The van der Waals surface area contributed by atoms with Gasteiger partial charge in [0.2, 0.25) is 0 Å². The zero-order valence-electron chi connectivity index (χ0n) is 71.2. The second-order valence-corrected chi connectivity index (χ2v) is 35.8.